The largest absolute Gasteiger partial charge is 0.229 e. The van der Waals surface area contributed by atoms with Gasteiger partial charge in [-0.15, -0.1) is 0 Å². The van der Waals surface area contributed by atoms with E-state index in [1.165, 1.54) is 0 Å². The molecule has 0 amide bonds. The van der Waals surface area contributed by atoms with Crippen LogP contribution in [0.2, 0.25) is 0 Å². The SMILES string of the molecule is O=S1(=O)C[C@H]2CNS(=O)(=O)[C@H]2C1. The van der Waals surface area contributed by atoms with Crippen molar-refractivity contribution in [1.29, 1.82) is 0 Å². The van der Waals surface area contributed by atoms with Crippen molar-refractivity contribution >= 4 is 19.9 Å². The molecule has 2 fully saturated rings. The Morgan fingerprint density at radius 3 is 2.33 bits per heavy atom. The van der Waals surface area contributed by atoms with E-state index in [2.05, 4.69) is 4.72 Å². The summed E-state index contributed by atoms with van der Waals surface area (Å²) in [5.41, 5.74) is 0. The van der Waals surface area contributed by atoms with E-state index in [1.54, 1.807) is 0 Å². The fraction of sp³-hybridized carbons (Fsp3) is 1.00. The molecule has 2 heterocycles. The Labute approximate surface area is 71.1 Å². The second kappa shape index (κ2) is 2.21. The molecule has 0 aromatic rings. The molecule has 1 N–H and O–H groups in total. The van der Waals surface area contributed by atoms with Crippen molar-refractivity contribution < 1.29 is 16.8 Å². The summed E-state index contributed by atoms with van der Waals surface area (Å²) in [6.45, 7) is 0.284. The molecule has 0 spiro atoms. The molecule has 0 saturated carbocycles. The van der Waals surface area contributed by atoms with E-state index in [9.17, 15) is 16.8 Å². The van der Waals surface area contributed by atoms with Crippen molar-refractivity contribution in [3.8, 4) is 0 Å². The minimum atomic E-state index is -3.32. The second-order valence-electron chi connectivity index (χ2n) is 3.27. The van der Waals surface area contributed by atoms with Gasteiger partial charge in [-0.25, -0.2) is 21.6 Å². The van der Waals surface area contributed by atoms with Gasteiger partial charge in [0.05, 0.1) is 16.8 Å². The lowest BCUT2D eigenvalue weighted by Gasteiger charge is -2.01. The van der Waals surface area contributed by atoms with Gasteiger partial charge in [0, 0.05) is 12.5 Å². The van der Waals surface area contributed by atoms with Crippen LogP contribution >= 0.6 is 0 Å². The topological polar surface area (TPSA) is 80.3 Å². The molecule has 12 heavy (non-hydrogen) atoms. The number of rotatable bonds is 0. The molecule has 7 heteroatoms. The molecule has 0 aromatic carbocycles. The minimum Gasteiger partial charge on any atom is -0.229 e. The molecule has 2 atom stereocenters. The Balaban J connectivity index is 2.41. The number of nitrogens with one attached hydrogen (secondary N) is 1. The van der Waals surface area contributed by atoms with Crippen LogP contribution in [0.1, 0.15) is 0 Å². The van der Waals surface area contributed by atoms with Crippen LogP contribution in [0, 0.1) is 5.92 Å². The smallest absolute Gasteiger partial charge is 0.215 e. The van der Waals surface area contributed by atoms with Crippen LogP contribution < -0.4 is 4.72 Å². The summed E-state index contributed by atoms with van der Waals surface area (Å²) in [6, 6.07) is 0. The number of sulfone groups is 1. The van der Waals surface area contributed by atoms with E-state index in [1.807, 2.05) is 0 Å². The molecule has 0 aliphatic carbocycles. The molecule has 0 radical (unpaired) electrons. The maximum absolute atomic E-state index is 11.2. The van der Waals surface area contributed by atoms with Gasteiger partial charge in [-0.2, -0.15) is 0 Å². The van der Waals surface area contributed by atoms with E-state index in [0.29, 0.717) is 0 Å². The van der Waals surface area contributed by atoms with Crippen molar-refractivity contribution in [2.75, 3.05) is 18.1 Å². The summed E-state index contributed by atoms with van der Waals surface area (Å²) in [4.78, 5) is 0. The maximum atomic E-state index is 11.2. The molecular formula is C5H9NO4S2. The number of hydrogen-bond acceptors (Lipinski definition) is 4. The second-order valence-corrected chi connectivity index (χ2v) is 7.41. The van der Waals surface area contributed by atoms with Gasteiger partial charge < -0.3 is 0 Å². The van der Waals surface area contributed by atoms with E-state index in [-0.39, 0.29) is 24.0 Å². The van der Waals surface area contributed by atoms with Crippen molar-refractivity contribution in [3.63, 3.8) is 0 Å². The average molecular weight is 211 g/mol. The molecule has 70 valence electrons. The van der Waals surface area contributed by atoms with Gasteiger partial charge in [0.15, 0.2) is 9.84 Å². The van der Waals surface area contributed by atoms with Crippen molar-refractivity contribution in [2.24, 2.45) is 5.92 Å². The van der Waals surface area contributed by atoms with Gasteiger partial charge in [0.25, 0.3) is 0 Å². The third-order valence-corrected chi connectivity index (χ3v) is 6.29. The fourth-order valence-corrected chi connectivity index (χ4v) is 6.48. The zero-order valence-electron chi connectivity index (χ0n) is 6.23. The summed E-state index contributed by atoms with van der Waals surface area (Å²) in [5.74, 6) is -0.406. The first-order valence-corrected chi connectivity index (χ1v) is 6.96. The zero-order chi connectivity index (χ0) is 8.98. The Bertz CT molecular complexity index is 395. The maximum Gasteiger partial charge on any atom is 0.215 e. The van der Waals surface area contributed by atoms with Crippen LogP contribution in [0.5, 0.6) is 0 Å². The highest BCUT2D eigenvalue weighted by Gasteiger charge is 2.49. The van der Waals surface area contributed by atoms with E-state index >= 15 is 0 Å². The lowest BCUT2D eigenvalue weighted by molar-refractivity contribution is 0.581. The minimum absolute atomic E-state index is 0.0178. The first-order valence-electron chi connectivity index (χ1n) is 3.60. The van der Waals surface area contributed by atoms with Crippen LogP contribution in [0.4, 0.5) is 0 Å². The van der Waals surface area contributed by atoms with Crippen LogP contribution in [0.15, 0.2) is 0 Å². The van der Waals surface area contributed by atoms with Crippen molar-refractivity contribution in [1.82, 2.24) is 4.72 Å². The molecule has 0 unspecified atom stereocenters. The van der Waals surface area contributed by atoms with Crippen molar-refractivity contribution in [3.05, 3.63) is 0 Å². The Hall–Kier alpha value is -0.140. The predicted molar refractivity (Wildman–Crippen MR) is 42.9 cm³/mol. The van der Waals surface area contributed by atoms with Gasteiger partial charge in [-0.1, -0.05) is 0 Å². The average Bonchev–Trinajstić information content (AvgIpc) is 2.31. The Kier molecular flexibility index (Phi) is 1.56. The van der Waals surface area contributed by atoms with Crippen molar-refractivity contribution in [2.45, 2.75) is 5.25 Å². The monoisotopic (exact) mass is 211 g/mol. The van der Waals surface area contributed by atoms with Crippen LogP contribution in [0.25, 0.3) is 0 Å². The van der Waals surface area contributed by atoms with Crippen LogP contribution in [0.3, 0.4) is 0 Å². The molecule has 2 saturated heterocycles. The normalized spacial score (nSPS) is 42.7. The molecule has 5 nitrogen and oxygen atoms in total. The van der Waals surface area contributed by atoms with E-state index in [0.717, 1.165) is 0 Å². The van der Waals surface area contributed by atoms with Gasteiger partial charge in [0.1, 0.15) is 0 Å². The molecule has 2 aliphatic heterocycles. The zero-order valence-corrected chi connectivity index (χ0v) is 7.86. The Morgan fingerprint density at radius 2 is 1.75 bits per heavy atom. The first-order chi connectivity index (χ1) is 5.41. The lowest BCUT2D eigenvalue weighted by Crippen LogP contribution is -2.26. The third-order valence-electron chi connectivity index (χ3n) is 2.36. The molecular weight excluding hydrogens is 202 g/mol. The quantitative estimate of drug-likeness (QED) is 0.519. The number of fused-ring (bicyclic) bond motifs is 1. The van der Waals surface area contributed by atoms with Crippen LogP contribution in [-0.2, 0) is 19.9 Å². The van der Waals surface area contributed by atoms with E-state index < -0.39 is 25.1 Å². The Morgan fingerprint density at radius 1 is 1.08 bits per heavy atom. The highest BCUT2D eigenvalue weighted by Crippen LogP contribution is 2.28. The third kappa shape index (κ3) is 1.16. The standard InChI is InChI=1S/C5H9NO4S2/c7-11(8)2-4-1-6-12(9,10)5(4)3-11/h4-6H,1-3H2/t4-,5+/m1/s1. The van der Waals surface area contributed by atoms with Gasteiger partial charge >= 0.3 is 0 Å². The molecule has 2 rings (SSSR count). The summed E-state index contributed by atoms with van der Waals surface area (Å²) in [7, 11) is -6.42. The van der Waals surface area contributed by atoms with E-state index in [4.69, 9.17) is 0 Å². The summed E-state index contributed by atoms with van der Waals surface area (Å²) in [6.07, 6.45) is 0. The number of hydrogen-bond donors (Lipinski definition) is 1. The number of sulfonamides is 1. The first kappa shape index (κ1) is 8.46. The highest BCUT2D eigenvalue weighted by atomic mass is 32.2. The molecule has 0 aromatic heterocycles. The highest BCUT2D eigenvalue weighted by molar-refractivity contribution is 7.95. The summed E-state index contributed by atoms with van der Waals surface area (Å²) >= 11 is 0. The predicted octanol–water partition coefficient (Wildman–Crippen LogP) is -1.67. The lowest BCUT2D eigenvalue weighted by atomic mass is 10.1. The van der Waals surface area contributed by atoms with Gasteiger partial charge in [-0.05, 0) is 0 Å². The molecule has 2 aliphatic rings. The van der Waals surface area contributed by atoms with Crippen LogP contribution in [-0.4, -0.2) is 40.1 Å². The summed E-state index contributed by atoms with van der Waals surface area (Å²) < 4.78 is 46.7. The van der Waals surface area contributed by atoms with Gasteiger partial charge in [-0.3, -0.25) is 0 Å². The summed E-state index contributed by atoms with van der Waals surface area (Å²) in [5, 5.41) is -0.692. The van der Waals surface area contributed by atoms with Gasteiger partial charge in [0.2, 0.25) is 10.0 Å². The molecule has 0 bridgehead atoms. The fourth-order valence-electron chi connectivity index (χ4n) is 1.75.